The number of carbonyl (C=O) groups is 2. The zero-order valence-electron chi connectivity index (χ0n) is 21.0. The Hall–Kier alpha value is -2.54. The highest BCUT2D eigenvalue weighted by Gasteiger charge is 2.39. The maximum absolute atomic E-state index is 13.2. The lowest BCUT2D eigenvalue weighted by Gasteiger charge is -2.42. The first-order valence-electron chi connectivity index (χ1n) is 12.8. The van der Waals surface area contributed by atoms with Gasteiger partial charge in [-0.2, -0.15) is 5.10 Å². The van der Waals surface area contributed by atoms with Gasteiger partial charge in [0.1, 0.15) is 5.75 Å². The minimum Gasteiger partial charge on any atom is -0.493 e. The minimum atomic E-state index is -0.284. The van der Waals surface area contributed by atoms with Crippen molar-refractivity contribution in [2.45, 2.75) is 58.3 Å². The van der Waals surface area contributed by atoms with E-state index in [1.807, 2.05) is 52.8 Å². The fourth-order valence-corrected chi connectivity index (χ4v) is 5.34. The molecule has 2 aliphatic heterocycles. The third-order valence-corrected chi connectivity index (χ3v) is 7.93. The first kappa shape index (κ1) is 25.5. The van der Waals surface area contributed by atoms with Gasteiger partial charge >= 0.3 is 0 Å². The van der Waals surface area contributed by atoms with Crippen LogP contribution in [0, 0.1) is 12.3 Å². The summed E-state index contributed by atoms with van der Waals surface area (Å²) < 4.78 is 8.01. The van der Waals surface area contributed by atoms with E-state index in [2.05, 4.69) is 5.10 Å². The second-order valence-corrected chi connectivity index (χ2v) is 10.6. The summed E-state index contributed by atoms with van der Waals surface area (Å²) in [5.74, 6) is 1.10. The van der Waals surface area contributed by atoms with Crippen molar-refractivity contribution in [2.24, 2.45) is 12.5 Å². The molecule has 7 nitrogen and oxygen atoms in total. The first-order valence-corrected chi connectivity index (χ1v) is 13.1. The van der Waals surface area contributed by atoms with E-state index in [1.165, 1.54) is 6.42 Å². The quantitative estimate of drug-likeness (QED) is 0.538. The van der Waals surface area contributed by atoms with Gasteiger partial charge in [-0.05, 0) is 69.2 Å². The lowest BCUT2D eigenvalue weighted by molar-refractivity contribution is -0.138. The van der Waals surface area contributed by atoms with Crippen molar-refractivity contribution in [3.63, 3.8) is 0 Å². The SMILES string of the molecule is Cc1c(CCC(=O)N2CCC(COc3cccc(Cl)c3)(CC(=O)N3CCCCC3)CC2)cnn1C. The van der Waals surface area contributed by atoms with E-state index in [-0.39, 0.29) is 17.2 Å². The van der Waals surface area contributed by atoms with E-state index in [0.717, 1.165) is 50.0 Å². The van der Waals surface area contributed by atoms with E-state index < -0.39 is 0 Å². The number of piperidine rings is 2. The van der Waals surface area contributed by atoms with Crippen LogP contribution in [0.5, 0.6) is 5.75 Å². The molecule has 1 aromatic carbocycles. The summed E-state index contributed by atoms with van der Waals surface area (Å²) in [6.45, 7) is 5.48. The Labute approximate surface area is 213 Å². The van der Waals surface area contributed by atoms with Crippen molar-refractivity contribution in [1.29, 1.82) is 0 Å². The van der Waals surface area contributed by atoms with Crippen molar-refractivity contribution in [2.75, 3.05) is 32.8 Å². The standard InChI is InChI=1S/C27H37ClN4O3/c1-21-22(19-29-30(21)2)9-10-25(33)32-15-11-27(12-16-32,18-26(34)31-13-4-3-5-14-31)20-35-24-8-6-7-23(28)17-24/h6-8,17,19H,3-5,9-16,18,20H2,1-2H3. The minimum absolute atomic E-state index is 0.167. The van der Waals surface area contributed by atoms with Crippen LogP contribution in [0.15, 0.2) is 30.5 Å². The molecule has 0 N–H and O–H groups in total. The summed E-state index contributed by atoms with van der Waals surface area (Å²) in [5.41, 5.74) is 1.94. The molecule has 35 heavy (non-hydrogen) atoms. The number of halogens is 1. The Balaban J connectivity index is 1.38. The summed E-state index contributed by atoms with van der Waals surface area (Å²) in [4.78, 5) is 30.1. The fraction of sp³-hybridized carbons (Fsp3) is 0.593. The molecule has 0 unspecified atom stereocenters. The van der Waals surface area contributed by atoms with Crippen LogP contribution >= 0.6 is 11.6 Å². The number of carbonyl (C=O) groups excluding carboxylic acids is 2. The molecule has 0 bridgehead atoms. The molecule has 3 heterocycles. The number of hydrogen-bond donors (Lipinski definition) is 0. The molecule has 190 valence electrons. The second kappa shape index (κ2) is 11.5. The molecule has 2 saturated heterocycles. The van der Waals surface area contributed by atoms with Gasteiger partial charge in [0.15, 0.2) is 0 Å². The smallest absolute Gasteiger partial charge is 0.223 e. The summed E-state index contributed by atoms with van der Waals surface area (Å²) in [6.07, 6.45) is 8.36. The molecule has 0 spiro atoms. The summed E-state index contributed by atoms with van der Waals surface area (Å²) in [5, 5.41) is 4.91. The average Bonchev–Trinajstić information content (AvgIpc) is 3.19. The Morgan fingerprint density at radius 2 is 1.77 bits per heavy atom. The molecule has 2 amide bonds. The Kier molecular flexibility index (Phi) is 8.37. The normalized spacial score (nSPS) is 17.9. The van der Waals surface area contributed by atoms with Crippen molar-refractivity contribution in [3.8, 4) is 5.75 Å². The largest absolute Gasteiger partial charge is 0.493 e. The Morgan fingerprint density at radius 1 is 1.06 bits per heavy atom. The molecule has 2 aliphatic rings. The number of aryl methyl sites for hydroxylation is 2. The van der Waals surface area contributed by atoms with Gasteiger partial charge in [-0.3, -0.25) is 14.3 Å². The molecule has 0 saturated carbocycles. The molecule has 4 rings (SSSR count). The molecule has 0 aliphatic carbocycles. The monoisotopic (exact) mass is 500 g/mol. The average molecular weight is 501 g/mol. The number of nitrogens with zero attached hydrogens (tertiary/aromatic N) is 4. The lowest BCUT2D eigenvalue weighted by atomic mass is 9.75. The van der Waals surface area contributed by atoms with Crippen LogP contribution in [0.1, 0.15) is 56.2 Å². The molecule has 2 aromatic rings. The predicted molar refractivity (Wildman–Crippen MR) is 137 cm³/mol. The molecule has 0 radical (unpaired) electrons. The maximum atomic E-state index is 13.2. The van der Waals surface area contributed by atoms with E-state index in [0.29, 0.717) is 49.7 Å². The van der Waals surface area contributed by atoms with Gasteiger partial charge < -0.3 is 14.5 Å². The van der Waals surface area contributed by atoms with Gasteiger partial charge in [0.2, 0.25) is 11.8 Å². The zero-order valence-corrected chi connectivity index (χ0v) is 21.7. The fourth-order valence-electron chi connectivity index (χ4n) is 5.16. The topological polar surface area (TPSA) is 67.7 Å². The van der Waals surface area contributed by atoms with E-state index in [4.69, 9.17) is 16.3 Å². The van der Waals surface area contributed by atoms with Crippen molar-refractivity contribution in [3.05, 3.63) is 46.7 Å². The molecule has 0 atom stereocenters. The van der Waals surface area contributed by atoms with Crippen LogP contribution in [0.3, 0.4) is 0 Å². The van der Waals surface area contributed by atoms with Crippen molar-refractivity contribution < 1.29 is 14.3 Å². The number of ether oxygens (including phenoxy) is 1. The maximum Gasteiger partial charge on any atom is 0.223 e. The highest BCUT2D eigenvalue weighted by molar-refractivity contribution is 6.30. The van der Waals surface area contributed by atoms with Gasteiger partial charge in [0.05, 0.1) is 12.8 Å². The van der Waals surface area contributed by atoms with E-state index in [9.17, 15) is 9.59 Å². The van der Waals surface area contributed by atoms with Gasteiger partial charge in [0, 0.05) is 62.2 Å². The van der Waals surface area contributed by atoms with Gasteiger partial charge in [-0.1, -0.05) is 17.7 Å². The molecular formula is C27H37ClN4O3. The number of rotatable bonds is 8. The van der Waals surface area contributed by atoms with Crippen LogP contribution in [-0.2, 0) is 23.1 Å². The van der Waals surface area contributed by atoms with Gasteiger partial charge in [-0.25, -0.2) is 0 Å². The van der Waals surface area contributed by atoms with Crippen LogP contribution in [0.25, 0.3) is 0 Å². The molecule has 1 aromatic heterocycles. The highest BCUT2D eigenvalue weighted by atomic mass is 35.5. The van der Waals surface area contributed by atoms with Crippen LogP contribution in [0.4, 0.5) is 0 Å². The second-order valence-electron chi connectivity index (χ2n) is 10.1. The predicted octanol–water partition coefficient (Wildman–Crippen LogP) is 4.40. The summed E-state index contributed by atoms with van der Waals surface area (Å²) in [6, 6.07) is 7.39. The molecule has 8 heteroatoms. The summed E-state index contributed by atoms with van der Waals surface area (Å²) >= 11 is 6.14. The van der Waals surface area contributed by atoms with Crippen LogP contribution in [0.2, 0.25) is 5.02 Å². The van der Waals surface area contributed by atoms with Gasteiger partial charge in [-0.15, -0.1) is 0 Å². The Bertz CT molecular complexity index is 1020. The lowest BCUT2D eigenvalue weighted by Crippen LogP contribution is -2.48. The number of amides is 2. The van der Waals surface area contributed by atoms with Crippen molar-refractivity contribution in [1.82, 2.24) is 19.6 Å². The number of aromatic nitrogens is 2. The number of likely N-dealkylation sites (tertiary alicyclic amines) is 2. The van der Waals surface area contributed by atoms with Crippen LogP contribution in [-0.4, -0.2) is 64.2 Å². The Morgan fingerprint density at radius 3 is 2.43 bits per heavy atom. The highest BCUT2D eigenvalue weighted by Crippen LogP contribution is 2.37. The first-order chi connectivity index (χ1) is 16.8. The van der Waals surface area contributed by atoms with Gasteiger partial charge in [0.25, 0.3) is 0 Å². The van der Waals surface area contributed by atoms with E-state index >= 15 is 0 Å². The third kappa shape index (κ3) is 6.57. The zero-order chi connectivity index (χ0) is 24.8. The molecular weight excluding hydrogens is 464 g/mol. The van der Waals surface area contributed by atoms with Crippen molar-refractivity contribution >= 4 is 23.4 Å². The van der Waals surface area contributed by atoms with E-state index in [1.54, 1.807) is 6.07 Å². The summed E-state index contributed by atoms with van der Waals surface area (Å²) in [7, 11) is 1.92. The number of benzene rings is 1. The molecule has 2 fully saturated rings. The number of hydrogen-bond acceptors (Lipinski definition) is 4. The third-order valence-electron chi connectivity index (χ3n) is 7.70. The van der Waals surface area contributed by atoms with Crippen LogP contribution < -0.4 is 4.74 Å².